The first-order chi connectivity index (χ1) is 13.9. The maximum absolute atomic E-state index is 9.10. The van der Waals surface area contributed by atoms with Crippen LogP contribution in [0.1, 0.15) is 16.7 Å². The average Bonchev–Trinajstić information content (AvgIpc) is 2.70. The predicted octanol–water partition coefficient (Wildman–Crippen LogP) is 2.48. The van der Waals surface area contributed by atoms with Gasteiger partial charge in [-0.2, -0.15) is 0 Å². The van der Waals surface area contributed by atoms with Gasteiger partial charge in [0.05, 0.1) is 7.11 Å². The summed E-state index contributed by atoms with van der Waals surface area (Å²) < 4.78 is 5.46. The molecule has 0 bridgehead atoms. The second-order valence-electron chi connectivity index (χ2n) is 6.96. The van der Waals surface area contributed by atoms with Gasteiger partial charge in [0.1, 0.15) is 5.75 Å². The van der Waals surface area contributed by atoms with E-state index in [0.717, 1.165) is 45.0 Å². The van der Waals surface area contributed by atoms with Crippen LogP contribution in [0.4, 0.5) is 0 Å². The highest BCUT2D eigenvalue weighted by molar-refractivity contribution is 6.27. The molecule has 2 N–H and O–H groups in total. The predicted molar refractivity (Wildman–Crippen MR) is 110 cm³/mol. The van der Waals surface area contributed by atoms with E-state index in [-0.39, 0.29) is 0 Å². The van der Waals surface area contributed by atoms with E-state index in [1.807, 2.05) is 12.1 Å². The topological polar surface area (TPSA) is 90.3 Å². The van der Waals surface area contributed by atoms with E-state index in [1.165, 1.54) is 16.7 Å². The van der Waals surface area contributed by atoms with E-state index >= 15 is 0 Å². The van der Waals surface area contributed by atoms with E-state index in [1.54, 1.807) is 7.11 Å². The van der Waals surface area contributed by atoms with Crippen LogP contribution in [0.3, 0.4) is 0 Å². The number of hydrogen-bond donors (Lipinski definition) is 2. The number of aryl methyl sites for hydroxylation is 1. The van der Waals surface area contributed by atoms with Gasteiger partial charge in [0, 0.05) is 44.8 Å². The first-order valence-corrected chi connectivity index (χ1v) is 9.47. The highest BCUT2D eigenvalue weighted by atomic mass is 16.5. The van der Waals surface area contributed by atoms with E-state index in [9.17, 15) is 0 Å². The summed E-state index contributed by atoms with van der Waals surface area (Å²) in [6, 6.07) is 17.2. The number of benzene rings is 2. The number of para-hydroxylation sites is 1. The molecule has 29 heavy (non-hydrogen) atoms. The molecule has 1 fully saturated rings. The van der Waals surface area contributed by atoms with Crippen molar-refractivity contribution >= 4 is 11.9 Å². The molecule has 156 valence electrons. The van der Waals surface area contributed by atoms with Gasteiger partial charge in [-0.25, -0.2) is 9.59 Å². The third-order valence-electron chi connectivity index (χ3n) is 4.72. The normalized spacial score (nSPS) is 14.6. The van der Waals surface area contributed by atoms with Gasteiger partial charge in [-0.1, -0.05) is 48.0 Å². The molecular weight excluding hydrogens is 372 g/mol. The molecule has 0 radical (unpaired) electrons. The molecule has 7 heteroatoms. The van der Waals surface area contributed by atoms with Gasteiger partial charge in [-0.05, 0) is 18.6 Å². The minimum absolute atomic E-state index is 0.975. The van der Waals surface area contributed by atoms with Crippen molar-refractivity contribution in [2.75, 3.05) is 33.3 Å². The second-order valence-corrected chi connectivity index (χ2v) is 6.96. The van der Waals surface area contributed by atoms with E-state index < -0.39 is 11.9 Å². The smallest absolute Gasteiger partial charge is 0.414 e. The van der Waals surface area contributed by atoms with Crippen LogP contribution in [0.5, 0.6) is 5.75 Å². The third kappa shape index (κ3) is 7.56. The molecule has 3 rings (SSSR count). The Morgan fingerprint density at radius 1 is 0.897 bits per heavy atom. The molecule has 0 spiro atoms. The number of rotatable bonds is 5. The van der Waals surface area contributed by atoms with Gasteiger partial charge in [0.15, 0.2) is 0 Å². The lowest BCUT2D eigenvalue weighted by Gasteiger charge is -2.35. The molecule has 1 heterocycles. The van der Waals surface area contributed by atoms with Crippen molar-refractivity contribution in [1.29, 1.82) is 0 Å². The lowest BCUT2D eigenvalue weighted by atomic mass is 10.1. The Bertz CT molecular complexity index is 804. The van der Waals surface area contributed by atoms with Crippen molar-refractivity contribution < 1.29 is 24.5 Å². The molecule has 2 aromatic carbocycles. The lowest BCUT2D eigenvalue weighted by Crippen LogP contribution is -2.45. The zero-order valence-corrected chi connectivity index (χ0v) is 16.9. The summed E-state index contributed by atoms with van der Waals surface area (Å²) in [6.07, 6.45) is 0. The van der Waals surface area contributed by atoms with Crippen LogP contribution in [-0.4, -0.2) is 65.2 Å². The van der Waals surface area contributed by atoms with Gasteiger partial charge >= 0.3 is 11.9 Å². The van der Waals surface area contributed by atoms with Crippen LogP contribution in [-0.2, 0) is 22.7 Å². The van der Waals surface area contributed by atoms with Crippen LogP contribution < -0.4 is 4.74 Å². The fraction of sp³-hybridized carbons (Fsp3) is 0.364. The molecule has 0 aliphatic carbocycles. The second kappa shape index (κ2) is 11.2. The Hall–Kier alpha value is -2.90. The molecule has 0 atom stereocenters. The van der Waals surface area contributed by atoms with E-state index in [2.05, 4.69) is 53.1 Å². The summed E-state index contributed by atoms with van der Waals surface area (Å²) in [4.78, 5) is 23.3. The lowest BCUT2D eigenvalue weighted by molar-refractivity contribution is -0.159. The van der Waals surface area contributed by atoms with Gasteiger partial charge in [0.2, 0.25) is 0 Å². The van der Waals surface area contributed by atoms with Crippen LogP contribution in [0.15, 0.2) is 48.5 Å². The summed E-state index contributed by atoms with van der Waals surface area (Å²) >= 11 is 0. The Labute approximate surface area is 171 Å². The standard InChI is InChI=1S/C20H26N2O.C2H2O4/c1-17-6-5-7-18(14-17)15-21-10-12-22(13-11-21)16-19-8-3-4-9-20(19)23-2;3-1(4)2(5)6/h3-9,14H,10-13,15-16H2,1-2H3;(H,3,4)(H,5,6). The summed E-state index contributed by atoms with van der Waals surface area (Å²) in [7, 11) is 1.75. The van der Waals surface area contributed by atoms with Gasteiger partial charge in [-0.15, -0.1) is 0 Å². The summed E-state index contributed by atoms with van der Waals surface area (Å²) in [5, 5.41) is 14.8. The zero-order chi connectivity index (χ0) is 21.2. The minimum atomic E-state index is -1.82. The highest BCUT2D eigenvalue weighted by Gasteiger charge is 2.18. The molecule has 0 saturated carbocycles. The molecule has 1 aliphatic rings. The van der Waals surface area contributed by atoms with Crippen LogP contribution in [0, 0.1) is 6.92 Å². The van der Waals surface area contributed by atoms with Crippen molar-refractivity contribution in [2.24, 2.45) is 0 Å². The Morgan fingerprint density at radius 2 is 1.48 bits per heavy atom. The van der Waals surface area contributed by atoms with E-state index in [4.69, 9.17) is 24.5 Å². The number of nitrogens with zero attached hydrogens (tertiary/aromatic N) is 2. The van der Waals surface area contributed by atoms with Gasteiger partial charge < -0.3 is 14.9 Å². The number of carbonyl (C=O) groups is 2. The summed E-state index contributed by atoms with van der Waals surface area (Å²) in [6.45, 7) is 8.68. The first-order valence-electron chi connectivity index (χ1n) is 9.47. The summed E-state index contributed by atoms with van der Waals surface area (Å²) in [5.41, 5.74) is 4.04. The molecule has 0 unspecified atom stereocenters. The Balaban J connectivity index is 0.000000438. The third-order valence-corrected chi connectivity index (χ3v) is 4.72. The molecule has 2 aromatic rings. The fourth-order valence-electron chi connectivity index (χ4n) is 3.25. The number of ether oxygens (including phenoxy) is 1. The number of aliphatic carboxylic acids is 2. The van der Waals surface area contributed by atoms with Crippen molar-refractivity contribution in [1.82, 2.24) is 9.80 Å². The molecule has 7 nitrogen and oxygen atoms in total. The van der Waals surface area contributed by atoms with Crippen LogP contribution in [0.25, 0.3) is 0 Å². The maximum Gasteiger partial charge on any atom is 0.414 e. The highest BCUT2D eigenvalue weighted by Crippen LogP contribution is 2.20. The number of carboxylic acid groups (broad SMARTS) is 2. The largest absolute Gasteiger partial charge is 0.496 e. The van der Waals surface area contributed by atoms with Gasteiger partial charge in [0.25, 0.3) is 0 Å². The molecule has 1 saturated heterocycles. The Morgan fingerprint density at radius 3 is 2.03 bits per heavy atom. The monoisotopic (exact) mass is 400 g/mol. The van der Waals surface area contributed by atoms with Gasteiger partial charge in [-0.3, -0.25) is 9.80 Å². The summed E-state index contributed by atoms with van der Waals surface area (Å²) in [5.74, 6) is -2.65. The van der Waals surface area contributed by atoms with Crippen LogP contribution in [0.2, 0.25) is 0 Å². The first kappa shape index (κ1) is 22.4. The molecule has 0 amide bonds. The SMILES string of the molecule is COc1ccccc1CN1CCN(Cc2cccc(C)c2)CC1.O=C(O)C(=O)O. The average molecular weight is 400 g/mol. The Kier molecular flexibility index (Phi) is 8.64. The van der Waals surface area contributed by atoms with Crippen molar-refractivity contribution in [2.45, 2.75) is 20.0 Å². The number of piperazine rings is 1. The molecule has 0 aromatic heterocycles. The van der Waals surface area contributed by atoms with Crippen molar-refractivity contribution in [3.05, 3.63) is 65.2 Å². The number of carboxylic acids is 2. The number of methoxy groups -OCH3 is 1. The number of hydrogen-bond acceptors (Lipinski definition) is 5. The van der Waals surface area contributed by atoms with E-state index in [0.29, 0.717) is 0 Å². The van der Waals surface area contributed by atoms with Crippen molar-refractivity contribution in [3.8, 4) is 5.75 Å². The molecule has 1 aliphatic heterocycles. The van der Waals surface area contributed by atoms with Crippen molar-refractivity contribution in [3.63, 3.8) is 0 Å². The quantitative estimate of drug-likeness (QED) is 0.745. The zero-order valence-electron chi connectivity index (χ0n) is 16.9. The fourth-order valence-corrected chi connectivity index (χ4v) is 3.25. The maximum atomic E-state index is 9.10. The van der Waals surface area contributed by atoms with Crippen LogP contribution >= 0.6 is 0 Å². The molecular formula is C22H28N2O5. The minimum Gasteiger partial charge on any atom is -0.496 e.